The number of halogens is 1. The molecule has 3 aromatic rings. The lowest BCUT2D eigenvalue weighted by atomic mass is 10.2. The van der Waals surface area contributed by atoms with Crippen LogP contribution in [-0.4, -0.2) is 20.7 Å². The van der Waals surface area contributed by atoms with E-state index < -0.39 is 0 Å². The van der Waals surface area contributed by atoms with E-state index in [2.05, 4.69) is 15.4 Å². The smallest absolute Gasteiger partial charge is 0.244 e. The van der Waals surface area contributed by atoms with Gasteiger partial charge in [-0.15, -0.1) is 0 Å². The number of nitrogens with one attached hydrogen (secondary N) is 1. The number of hydrogen-bond donors (Lipinski definition) is 1. The molecule has 0 radical (unpaired) electrons. The lowest BCUT2D eigenvalue weighted by Crippen LogP contribution is -2.20. The topological polar surface area (TPSA) is 59.8 Å². The summed E-state index contributed by atoms with van der Waals surface area (Å²) in [6.45, 7) is 0.340. The Morgan fingerprint density at radius 3 is 2.80 bits per heavy atom. The molecule has 0 aliphatic carbocycles. The molecule has 0 spiro atoms. The standard InChI is InChI=1S/C19H17ClN4O/c1-24-18(17-8-4-5-11-21-17)12-15(23-24)13-22-19(25)10-9-14-6-2-3-7-16(14)20/h2-12H,13H2,1H3,(H,22,25)/b10-9+. The van der Waals surface area contributed by atoms with E-state index in [0.717, 1.165) is 22.6 Å². The van der Waals surface area contributed by atoms with Crippen LogP contribution in [0.3, 0.4) is 0 Å². The quantitative estimate of drug-likeness (QED) is 0.715. The molecule has 5 nitrogen and oxygen atoms in total. The summed E-state index contributed by atoms with van der Waals surface area (Å²) in [5.41, 5.74) is 3.31. The number of rotatable bonds is 5. The van der Waals surface area contributed by atoms with E-state index in [-0.39, 0.29) is 5.91 Å². The van der Waals surface area contributed by atoms with Crippen LogP contribution in [0.4, 0.5) is 0 Å². The highest BCUT2D eigenvalue weighted by molar-refractivity contribution is 6.32. The van der Waals surface area contributed by atoms with Gasteiger partial charge in [0.05, 0.1) is 23.6 Å². The van der Waals surface area contributed by atoms with Gasteiger partial charge >= 0.3 is 0 Å². The molecule has 6 heteroatoms. The van der Waals surface area contributed by atoms with Crippen molar-refractivity contribution < 1.29 is 4.79 Å². The van der Waals surface area contributed by atoms with Gasteiger partial charge in [0.1, 0.15) is 0 Å². The van der Waals surface area contributed by atoms with Gasteiger partial charge in [-0.2, -0.15) is 5.10 Å². The molecule has 0 unspecified atom stereocenters. The Morgan fingerprint density at radius 2 is 2.04 bits per heavy atom. The zero-order chi connectivity index (χ0) is 17.6. The van der Waals surface area contributed by atoms with E-state index in [1.807, 2.05) is 49.5 Å². The minimum absolute atomic E-state index is 0.204. The van der Waals surface area contributed by atoms with Crippen LogP contribution in [0.15, 0.2) is 60.8 Å². The van der Waals surface area contributed by atoms with Gasteiger partial charge in [-0.3, -0.25) is 14.5 Å². The van der Waals surface area contributed by atoms with Gasteiger partial charge in [0, 0.05) is 24.3 Å². The van der Waals surface area contributed by atoms with Crippen molar-refractivity contribution in [1.82, 2.24) is 20.1 Å². The summed E-state index contributed by atoms with van der Waals surface area (Å²) >= 11 is 6.06. The van der Waals surface area contributed by atoms with Gasteiger partial charge in [-0.25, -0.2) is 0 Å². The molecular formula is C19H17ClN4O. The molecule has 0 atom stereocenters. The summed E-state index contributed by atoms with van der Waals surface area (Å²) in [7, 11) is 1.85. The molecule has 2 aromatic heterocycles. The Balaban J connectivity index is 1.62. The number of hydrogen-bond acceptors (Lipinski definition) is 3. The van der Waals surface area contributed by atoms with E-state index in [1.165, 1.54) is 6.08 Å². The van der Waals surface area contributed by atoms with Crippen molar-refractivity contribution in [2.24, 2.45) is 7.05 Å². The maximum absolute atomic E-state index is 12.0. The molecule has 25 heavy (non-hydrogen) atoms. The number of amides is 1. The van der Waals surface area contributed by atoms with Gasteiger partial charge in [0.15, 0.2) is 0 Å². The van der Waals surface area contributed by atoms with Crippen molar-refractivity contribution in [3.8, 4) is 11.4 Å². The Morgan fingerprint density at radius 1 is 1.24 bits per heavy atom. The Hall–Kier alpha value is -2.92. The van der Waals surface area contributed by atoms with Crippen molar-refractivity contribution in [2.45, 2.75) is 6.54 Å². The molecule has 1 amide bonds. The Kier molecular flexibility index (Phi) is 5.26. The van der Waals surface area contributed by atoms with Crippen LogP contribution in [0.2, 0.25) is 5.02 Å². The van der Waals surface area contributed by atoms with Crippen molar-refractivity contribution in [3.05, 3.63) is 77.1 Å². The molecule has 0 aliphatic rings. The molecule has 126 valence electrons. The van der Waals surface area contributed by atoms with Crippen LogP contribution in [0.25, 0.3) is 17.5 Å². The van der Waals surface area contributed by atoms with Gasteiger partial charge in [-0.1, -0.05) is 35.9 Å². The molecule has 2 heterocycles. The predicted octanol–water partition coefficient (Wildman–Crippen LogP) is 3.47. The second-order valence-corrected chi connectivity index (χ2v) is 5.84. The summed E-state index contributed by atoms with van der Waals surface area (Å²) in [6, 6.07) is 15.0. The van der Waals surface area contributed by atoms with E-state index in [0.29, 0.717) is 11.6 Å². The summed E-state index contributed by atoms with van der Waals surface area (Å²) in [5, 5.41) is 7.83. The monoisotopic (exact) mass is 352 g/mol. The third-order valence-electron chi connectivity index (χ3n) is 3.62. The number of aromatic nitrogens is 3. The second kappa shape index (κ2) is 7.77. The largest absolute Gasteiger partial charge is 0.347 e. The minimum atomic E-state index is -0.204. The Bertz CT molecular complexity index is 903. The van der Waals surface area contributed by atoms with E-state index in [1.54, 1.807) is 23.0 Å². The third kappa shape index (κ3) is 4.33. The molecule has 1 aromatic carbocycles. The summed E-state index contributed by atoms with van der Waals surface area (Å²) in [6.07, 6.45) is 4.89. The fourth-order valence-corrected chi connectivity index (χ4v) is 2.58. The average Bonchev–Trinajstić information content (AvgIpc) is 3.01. The molecule has 0 bridgehead atoms. The molecule has 0 saturated carbocycles. The average molecular weight is 353 g/mol. The third-order valence-corrected chi connectivity index (χ3v) is 3.97. The molecular weight excluding hydrogens is 336 g/mol. The fourth-order valence-electron chi connectivity index (χ4n) is 2.38. The molecule has 0 saturated heterocycles. The number of benzene rings is 1. The molecule has 0 fully saturated rings. The highest BCUT2D eigenvalue weighted by Crippen LogP contribution is 2.17. The van der Waals surface area contributed by atoms with Crippen molar-refractivity contribution in [3.63, 3.8) is 0 Å². The number of pyridine rings is 1. The van der Waals surface area contributed by atoms with Crippen molar-refractivity contribution in [1.29, 1.82) is 0 Å². The number of aryl methyl sites for hydroxylation is 1. The van der Waals surface area contributed by atoms with E-state index >= 15 is 0 Å². The highest BCUT2D eigenvalue weighted by atomic mass is 35.5. The number of nitrogens with zero attached hydrogens (tertiary/aromatic N) is 3. The number of carbonyl (C=O) groups excluding carboxylic acids is 1. The number of carbonyl (C=O) groups is 1. The summed E-state index contributed by atoms with van der Waals surface area (Å²) in [4.78, 5) is 16.3. The van der Waals surface area contributed by atoms with Crippen LogP contribution >= 0.6 is 11.6 Å². The zero-order valence-corrected chi connectivity index (χ0v) is 14.4. The second-order valence-electron chi connectivity index (χ2n) is 5.43. The van der Waals surface area contributed by atoms with Gasteiger partial charge in [0.25, 0.3) is 0 Å². The fraction of sp³-hybridized carbons (Fsp3) is 0.105. The van der Waals surface area contributed by atoms with Gasteiger partial charge in [0.2, 0.25) is 5.91 Å². The van der Waals surface area contributed by atoms with Crippen molar-refractivity contribution >= 4 is 23.6 Å². The predicted molar refractivity (Wildman–Crippen MR) is 98.8 cm³/mol. The lowest BCUT2D eigenvalue weighted by Gasteiger charge is -1.99. The first-order valence-corrected chi connectivity index (χ1v) is 8.16. The maximum Gasteiger partial charge on any atom is 0.244 e. The van der Waals surface area contributed by atoms with Crippen LogP contribution < -0.4 is 5.32 Å². The van der Waals surface area contributed by atoms with Gasteiger partial charge in [-0.05, 0) is 35.9 Å². The molecule has 3 rings (SSSR count). The van der Waals surface area contributed by atoms with Crippen LogP contribution in [0, 0.1) is 0 Å². The van der Waals surface area contributed by atoms with Gasteiger partial charge < -0.3 is 5.32 Å². The van der Waals surface area contributed by atoms with Crippen molar-refractivity contribution in [2.75, 3.05) is 0 Å². The SMILES string of the molecule is Cn1nc(CNC(=O)/C=C/c2ccccc2Cl)cc1-c1ccccn1. The summed E-state index contributed by atoms with van der Waals surface area (Å²) in [5.74, 6) is -0.204. The first kappa shape index (κ1) is 16.9. The minimum Gasteiger partial charge on any atom is -0.347 e. The molecule has 1 N–H and O–H groups in total. The first-order valence-electron chi connectivity index (χ1n) is 7.78. The lowest BCUT2D eigenvalue weighted by molar-refractivity contribution is -0.116. The maximum atomic E-state index is 12.0. The van der Waals surface area contributed by atoms with Crippen LogP contribution in [0.1, 0.15) is 11.3 Å². The molecule has 0 aliphatic heterocycles. The normalized spacial score (nSPS) is 11.0. The zero-order valence-electron chi connectivity index (χ0n) is 13.7. The first-order chi connectivity index (χ1) is 12.1. The van der Waals surface area contributed by atoms with Crippen LogP contribution in [-0.2, 0) is 18.4 Å². The van der Waals surface area contributed by atoms with Crippen LogP contribution in [0.5, 0.6) is 0 Å². The Labute approximate surface area is 151 Å². The van der Waals surface area contributed by atoms with E-state index in [4.69, 9.17) is 11.6 Å². The van der Waals surface area contributed by atoms with E-state index in [9.17, 15) is 4.79 Å². The highest BCUT2D eigenvalue weighted by Gasteiger charge is 2.08. The summed E-state index contributed by atoms with van der Waals surface area (Å²) < 4.78 is 1.75.